The number of rotatable bonds is 2. The van der Waals surface area contributed by atoms with Gasteiger partial charge in [0.15, 0.2) is 0 Å². The predicted molar refractivity (Wildman–Crippen MR) is 69.4 cm³/mol. The summed E-state index contributed by atoms with van der Waals surface area (Å²) in [6.45, 7) is 3.14. The molecule has 2 atom stereocenters. The lowest BCUT2D eigenvalue weighted by molar-refractivity contribution is -0.147. The zero-order valence-electron chi connectivity index (χ0n) is 11.0. The van der Waals surface area contributed by atoms with Crippen molar-refractivity contribution in [1.82, 2.24) is 4.90 Å². The van der Waals surface area contributed by atoms with Crippen LogP contribution in [0, 0.1) is 11.2 Å². The van der Waals surface area contributed by atoms with E-state index in [-0.39, 0.29) is 11.9 Å². The molecule has 0 bridgehead atoms. The van der Waals surface area contributed by atoms with Gasteiger partial charge < -0.3 is 5.11 Å². The molecule has 3 nitrogen and oxygen atoms in total. The van der Waals surface area contributed by atoms with E-state index in [0.29, 0.717) is 13.0 Å². The van der Waals surface area contributed by atoms with Crippen molar-refractivity contribution in [3.63, 3.8) is 0 Å². The van der Waals surface area contributed by atoms with Gasteiger partial charge in [0, 0.05) is 12.6 Å². The van der Waals surface area contributed by atoms with Crippen molar-refractivity contribution in [1.29, 1.82) is 0 Å². The van der Waals surface area contributed by atoms with Gasteiger partial charge in [0.2, 0.25) is 0 Å². The second-order valence-electron chi connectivity index (χ2n) is 5.98. The molecule has 2 aliphatic rings. The highest BCUT2D eigenvalue weighted by Crippen LogP contribution is 2.41. The summed E-state index contributed by atoms with van der Waals surface area (Å²) in [7, 11) is 0. The van der Waals surface area contributed by atoms with Crippen molar-refractivity contribution in [3.8, 4) is 0 Å². The SMILES string of the molecule is C[C@]1(C(=O)O)CCN([C@H]2CCc3ccc(F)cc32)C1. The normalized spacial score (nSPS) is 30.5. The van der Waals surface area contributed by atoms with Crippen molar-refractivity contribution in [2.24, 2.45) is 5.41 Å². The molecule has 0 saturated carbocycles. The van der Waals surface area contributed by atoms with Gasteiger partial charge >= 0.3 is 5.97 Å². The Balaban J connectivity index is 1.84. The molecule has 1 aliphatic heterocycles. The Bertz CT molecular complexity index is 531. The molecule has 0 unspecified atom stereocenters. The minimum absolute atomic E-state index is 0.187. The van der Waals surface area contributed by atoms with E-state index in [4.69, 9.17) is 0 Å². The fraction of sp³-hybridized carbons (Fsp3) is 0.533. The zero-order chi connectivity index (χ0) is 13.6. The molecule has 1 aromatic rings. The molecule has 1 aliphatic carbocycles. The molecule has 4 heteroatoms. The maximum Gasteiger partial charge on any atom is 0.310 e. The van der Waals surface area contributed by atoms with E-state index in [0.717, 1.165) is 24.9 Å². The molecule has 102 valence electrons. The first kappa shape index (κ1) is 12.6. The van der Waals surface area contributed by atoms with Crippen LogP contribution in [0.25, 0.3) is 0 Å². The van der Waals surface area contributed by atoms with Gasteiger partial charge in [-0.2, -0.15) is 0 Å². The van der Waals surface area contributed by atoms with Gasteiger partial charge in [0.25, 0.3) is 0 Å². The van der Waals surface area contributed by atoms with E-state index in [2.05, 4.69) is 4.90 Å². The summed E-state index contributed by atoms with van der Waals surface area (Å²) in [5, 5.41) is 9.29. The van der Waals surface area contributed by atoms with E-state index >= 15 is 0 Å². The average Bonchev–Trinajstić information content (AvgIpc) is 2.93. The van der Waals surface area contributed by atoms with Crippen LogP contribution in [0.15, 0.2) is 18.2 Å². The third kappa shape index (κ3) is 2.04. The molecule has 19 heavy (non-hydrogen) atoms. The van der Waals surface area contributed by atoms with Gasteiger partial charge in [-0.05, 0) is 56.0 Å². The van der Waals surface area contributed by atoms with Crippen LogP contribution in [0.5, 0.6) is 0 Å². The van der Waals surface area contributed by atoms with Crippen molar-refractivity contribution in [2.45, 2.75) is 32.2 Å². The number of fused-ring (bicyclic) bond motifs is 1. The van der Waals surface area contributed by atoms with Crippen LogP contribution in [0.4, 0.5) is 4.39 Å². The summed E-state index contributed by atoms with van der Waals surface area (Å²) in [5.74, 6) is -0.932. The van der Waals surface area contributed by atoms with E-state index in [1.807, 2.05) is 6.07 Å². The van der Waals surface area contributed by atoms with Crippen LogP contribution in [0.1, 0.15) is 36.9 Å². The number of hydrogen-bond donors (Lipinski definition) is 1. The molecular formula is C15H18FNO2. The number of halogens is 1. The van der Waals surface area contributed by atoms with E-state index < -0.39 is 11.4 Å². The summed E-state index contributed by atoms with van der Waals surface area (Å²) in [6, 6.07) is 5.17. The Morgan fingerprint density at radius 3 is 3.00 bits per heavy atom. The smallest absolute Gasteiger partial charge is 0.310 e. The molecular weight excluding hydrogens is 245 g/mol. The van der Waals surface area contributed by atoms with Crippen molar-refractivity contribution in [3.05, 3.63) is 35.1 Å². The van der Waals surface area contributed by atoms with Crippen LogP contribution in [-0.2, 0) is 11.2 Å². The number of hydrogen-bond acceptors (Lipinski definition) is 2. The number of carboxylic acid groups (broad SMARTS) is 1. The second kappa shape index (κ2) is 4.30. The minimum Gasteiger partial charge on any atom is -0.481 e. The standard InChI is InChI=1S/C15H18FNO2/c1-15(14(18)19)6-7-17(9-15)13-5-3-10-2-4-11(16)8-12(10)13/h2,4,8,13H,3,5-7,9H2,1H3,(H,18,19)/t13-,15-/m0/s1. The van der Waals surface area contributed by atoms with Gasteiger partial charge in [-0.1, -0.05) is 6.07 Å². The highest BCUT2D eigenvalue weighted by Gasteiger charge is 2.43. The summed E-state index contributed by atoms with van der Waals surface area (Å²) in [6.07, 6.45) is 2.60. The predicted octanol–water partition coefficient (Wildman–Crippen LogP) is 2.61. The Morgan fingerprint density at radius 2 is 2.32 bits per heavy atom. The first-order valence-electron chi connectivity index (χ1n) is 6.75. The van der Waals surface area contributed by atoms with Crippen LogP contribution in [-0.4, -0.2) is 29.1 Å². The fourth-order valence-corrected chi connectivity index (χ4v) is 3.37. The fourth-order valence-electron chi connectivity index (χ4n) is 3.37. The first-order chi connectivity index (χ1) is 8.99. The topological polar surface area (TPSA) is 40.5 Å². The average molecular weight is 263 g/mol. The molecule has 3 rings (SSSR count). The van der Waals surface area contributed by atoms with Crippen molar-refractivity contribution < 1.29 is 14.3 Å². The van der Waals surface area contributed by atoms with E-state index in [1.54, 1.807) is 13.0 Å². The number of likely N-dealkylation sites (tertiary alicyclic amines) is 1. The van der Waals surface area contributed by atoms with Crippen molar-refractivity contribution in [2.75, 3.05) is 13.1 Å². The van der Waals surface area contributed by atoms with Crippen LogP contribution in [0.3, 0.4) is 0 Å². The van der Waals surface area contributed by atoms with E-state index in [9.17, 15) is 14.3 Å². The molecule has 1 saturated heterocycles. The highest BCUT2D eigenvalue weighted by atomic mass is 19.1. The lowest BCUT2D eigenvalue weighted by atomic mass is 9.90. The van der Waals surface area contributed by atoms with Crippen LogP contribution < -0.4 is 0 Å². The van der Waals surface area contributed by atoms with Gasteiger partial charge in [-0.25, -0.2) is 4.39 Å². The Morgan fingerprint density at radius 1 is 1.53 bits per heavy atom. The first-order valence-corrected chi connectivity index (χ1v) is 6.75. The molecule has 0 radical (unpaired) electrons. The molecule has 1 aromatic carbocycles. The molecule has 0 aromatic heterocycles. The zero-order valence-corrected chi connectivity index (χ0v) is 11.0. The lowest BCUT2D eigenvalue weighted by Crippen LogP contribution is -2.33. The molecule has 1 N–H and O–H groups in total. The maximum absolute atomic E-state index is 13.4. The largest absolute Gasteiger partial charge is 0.481 e. The number of aliphatic carboxylic acids is 1. The highest BCUT2D eigenvalue weighted by molar-refractivity contribution is 5.74. The Hall–Kier alpha value is -1.42. The van der Waals surface area contributed by atoms with Gasteiger partial charge in [0.1, 0.15) is 5.82 Å². The monoisotopic (exact) mass is 263 g/mol. The quantitative estimate of drug-likeness (QED) is 0.891. The lowest BCUT2D eigenvalue weighted by Gasteiger charge is -2.26. The molecule has 0 amide bonds. The molecule has 0 spiro atoms. The molecule has 1 fully saturated rings. The van der Waals surface area contributed by atoms with Crippen molar-refractivity contribution >= 4 is 5.97 Å². The van der Waals surface area contributed by atoms with Gasteiger partial charge in [0.05, 0.1) is 5.41 Å². The van der Waals surface area contributed by atoms with Gasteiger partial charge in [-0.15, -0.1) is 0 Å². The van der Waals surface area contributed by atoms with Gasteiger partial charge in [-0.3, -0.25) is 9.69 Å². The number of carbonyl (C=O) groups is 1. The Kier molecular flexibility index (Phi) is 2.86. The van der Waals surface area contributed by atoms with E-state index in [1.165, 1.54) is 11.6 Å². The summed E-state index contributed by atoms with van der Waals surface area (Å²) >= 11 is 0. The minimum atomic E-state index is -0.729. The second-order valence-corrected chi connectivity index (χ2v) is 5.98. The summed E-state index contributed by atoms with van der Waals surface area (Å²) < 4.78 is 13.4. The third-order valence-electron chi connectivity index (χ3n) is 4.61. The van der Waals surface area contributed by atoms with Crippen LogP contribution in [0.2, 0.25) is 0 Å². The third-order valence-corrected chi connectivity index (χ3v) is 4.61. The number of aryl methyl sites for hydroxylation is 1. The number of nitrogens with zero attached hydrogens (tertiary/aromatic N) is 1. The summed E-state index contributed by atoms with van der Waals surface area (Å²) in [5.41, 5.74) is 1.60. The maximum atomic E-state index is 13.4. The number of benzene rings is 1. The number of carboxylic acids is 1. The molecule has 1 heterocycles. The van der Waals surface area contributed by atoms with Crippen LogP contribution >= 0.6 is 0 Å². The Labute approximate surface area is 112 Å². The summed E-state index contributed by atoms with van der Waals surface area (Å²) in [4.78, 5) is 13.5.